The number of amides is 1. The fraction of sp³-hybridized carbons (Fsp3) is 0.136. The van der Waals surface area contributed by atoms with Crippen molar-refractivity contribution >= 4 is 40.6 Å². The Hall–Kier alpha value is -3.51. The van der Waals surface area contributed by atoms with Crippen LogP contribution in [0.3, 0.4) is 0 Å². The summed E-state index contributed by atoms with van der Waals surface area (Å²) in [5.41, 5.74) is 9.37. The van der Waals surface area contributed by atoms with Crippen LogP contribution in [0.25, 0.3) is 23.1 Å². The maximum absolute atomic E-state index is 11.9. The van der Waals surface area contributed by atoms with E-state index in [2.05, 4.69) is 34.2 Å². The van der Waals surface area contributed by atoms with Crippen molar-refractivity contribution < 1.29 is 19.3 Å². The fourth-order valence-electron chi connectivity index (χ4n) is 2.91. The third kappa shape index (κ3) is 4.61. The van der Waals surface area contributed by atoms with Gasteiger partial charge in [0.05, 0.1) is 17.8 Å². The molecule has 0 saturated heterocycles. The molecule has 1 aromatic heterocycles. The van der Waals surface area contributed by atoms with Gasteiger partial charge in [-0.1, -0.05) is 36.4 Å². The number of carboxylic acid groups (broad SMARTS) is 1. The third-order valence-electron chi connectivity index (χ3n) is 4.44. The number of carbonyl (C=O) groups excluding carboxylic acids is 1. The third-order valence-corrected chi connectivity index (χ3v) is 4.44. The molecule has 28 heavy (non-hydrogen) atoms. The van der Waals surface area contributed by atoms with Crippen LogP contribution in [-0.2, 0) is 16.6 Å². The van der Waals surface area contributed by atoms with E-state index in [1.54, 1.807) is 12.1 Å². The Morgan fingerprint density at radius 2 is 1.82 bits per heavy atom. The fourth-order valence-corrected chi connectivity index (χ4v) is 2.91. The van der Waals surface area contributed by atoms with Crippen LogP contribution in [0.1, 0.15) is 17.5 Å². The number of nitrogens with two attached hydrogens (primary N) is 1. The smallest absolute Gasteiger partial charge is 0.305 e. The molecule has 4 N–H and O–H groups in total. The van der Waals surface area contributed by atoms with E-state index in [4.69, 9.17) is 10.8 Å². The van der Waals surface area contributed by atoms with Gasteiger partial charge < -0.3 is 16.2 Å². The first-order valence-corrected chi connectivity index (χ1v) is 8.88. The first-order valence-electron chi connectivity index (χ1n) is 8.88. The molecule has 6 heteroatoms. The number of para-hydroxylation sites is 1. The number of nitrogens with zero attached hydrogens (tertiary/aromatic N) is 1. The van der Waals surface area contributed by atoms with E-state index in [9.17, 15) is 9.59 Å². The van der Waals surface area contributed by atoms with Crippen LogP contribution < -0.4 is 15.6 Å². The molecule has 0 bridgehead atoms. The van der Waals surface area contributed by atoms with E-state index in [1.165, 1.54) is 5.39 Å². The maximum atomic E-state index is 11.9. The molecule has 0 saturated carbocycles. The molecule has 0 radical (unpaired) electrons. The largest absolute Gasteiger partial charge is 0.481 e. The predicted octanol–water partition coefficient (Wildman–Crippen LogP) is 2.58. The highest BCUT2D eigenvalue weighted by atomic mass is 16.4. The lowest BCUT2D eigenvalue weighted by Crippen LogP contribution is -2.37. The Kier molecular flexibility index (Phi) is 5.81. The summed E-state index contributed by atoms with van der Waals surface area (Å²) in [6.07, 6.45) is 5.68. The van der Waals surface area contributed by atoms with Crippen LogP contribution in [0, 0.1) is 0 Å². The van der Waals surface area contributed by atoms with E-state index in [1.807, 2.05) is 43.6 Å². The molecule has 6 nitrogen and oxygen atoms in total. The number of anilines is 1. The Morgan fingerprint density at radius 3 is 2.54 bits per heavy atom. The number of hydrogen-bond donors (Lipinski definition) is 3. The molecular weight excluding hydrogens is 354 g/mol. The number of aryl methyl sites for hydroxylation is 1. The van der Waals surface area contributed by atoms with Crippen molar-refractivity contribution in [3.05, 3.63) is 71.9 Å². The molecule has 0 aliphatic carbocycles. The highest BCUT2D eigenvalue weighted by Gasteiger charge is 2.16. The summed E-state index contributed by atoms with van der Waals surface area (Å²) in [5, 5.41) is 12.5. The molecule has 0 aliphatic heterocycles. The van der Waals surface area contributed by atoms with Crippen LogP contribution >= 0.6 is 0 Å². The number of hydrogen-bond acceptors (Lipinski definition) is 3. The first kappa shape index (κ1) is 19.3. The van der Waals surface area contributed by atoms with Gasteiger partial charge in [0, 0.05) is 17.8 Å². The number of fused-ring (bicyclic) bond motifs is 1. The van der Waals surface area contributed by atoms with Crippen LogP contribution in [0.5, 0.6) is 0 Å². The summed E-state index contributed by atoms with van der Waals surface area (Å²) < 4.78 is 2.08. The zero-order chi connectivity index (χ0) is 20.1. The van der Waals surface area contributed by atoms with E-state index >= 15 is 0 Å². The number of carboxylic acids is 1. The predicted molar refractivity (Wildman–Crippen MR) is 109 cm³/mol. The molecule has 0 unspecified atom stereocenters. The van der Waals surface area contributed by atoms with Gasteiger partial charge in [0.25, 0.3) is 0 Å². The van der Waals surface area contributed by atoms with Crippen LogP contribution in [0.2, 0.25) is 0 Å². The van der Waals surface area contributed by atoms with Crippen molar-refractivity contribution in [1.82, 2.24) is 0 Å². The minimum absolute atomic E-state index is 0.407. The monoisotopic (exact) mass is 376 g/mol. The minimum atomic E-state index is -1.11. The molecule has 0 fully saturated rings. The summed E-state index contributed by atoms with van der Waals surface area (Å²) in [6, 6.07) is 16.5. The van der Waals surface area contributed by atoms with E-state index in [0.29, 0.717) is 5.69 Å². The average molecular weight is 376 g/mol. The number of aromatic nitrogens is 1. The number of nitrogens with one attached hydrogen (secondary N) is 1. The second-order valence-corrected chi connectivity index (χ2v) is 6.55. The van der Waals surface area contributed by atoms with Crippen LogP contribution in [-0.4, -0.2) is 23.0 Å². The van der Waals surface area contributed by atoms with Gasteiger partial charge in [0.1, 0.15) is 7.05 Å². The lowest BCUT2D eigenvalue weighted by molar-refractivity contribution is -0.644. The molecule has 142 valence electrons. The lowest BCUT2D eigenvalue weighted by Gasteiger charge is -2.10. The average Bonchev–Trinajstić information content (AvgIpc) is 2.68. The van der Waals surface area contributed by atoms with Crippen molar-refractivity contribution in [2.24, 2.45) is 12.8 Å². The molecule has 1 amide bonds. The van der Waals surface area contributed by atoms with Gasteiger partial charge in [-0.15, -0.1) is 0 Å². The Balaban J connectivity index is 1.72. The summed E-state index contributed by atoms with van der Waals surface area (Å²) in [6.45, 7) is 0. The van der Waals surface area contributed by atoms with E-state index in [0.717, 1.165) is 16.6 Å². The zero-order valence-corrected chi connectivity index (χ0v) is 15.5. The molecule has 2 aromatic carbocycles. The second-order valence-electron chi connectivity index (χ2n) is 6.55. The number of rotatable bonds is 6. The summed E-state index contributed by atoms with van der Waals surface area (Å²) >= 11 is 0. The molecule has 3 aromatic rings. The number of carbonyl (C=O) groups is 2. The molecular formula is C22H22N3O3+. The van der Waals surface area contributed by atoms with Gasteiger partial charge in [0.2, 0.25) is 11.4 Å². The van der Waals surface area contributed by atoms with Crippen molar-refractivity contribution in [2.75, 3.05) is 5.32 Å². The normalized spacial score (nSPS) is 12.2. The molecule has 0 spiro atoms. The van der Waals surface area contributed by atoms with Gasteiger partial charge in [0.15, 0.2) is 6.20 Å². The quantitative estimate of drug-likeness (QED) is 0.576. The summed E-state index contributed by atoms with van der Waals surface area (Å²) in [7, 11) is 2.02. The Bertz CT molecular complexity index is 1040. The highest BCUT2D eigenvalue weighted by Crippen LogP contribution is 2.18. The van der Waals surface area contributed by atoms with Crippen molar-refractivity contribution in [3.8, 4) is 0 Å². The standard InChI is InChI=1S/C22H21N3O3/c1-25-13-12-16(18-4-2-3-5-20(18)25)9-6-15-7-10-17(11-8-15)24-22(28)19(23)14-21(26)27/h2-13,19H,14,23H2,1H3,(H,26,27)/p+1/t19-/m0/s1. The Labute approximate surface area is 162 Å². The van der Waals surface area contributed by atoms with Crippen molar-refractivity contribution in [2.45, 2.75) is 12.5 Å². The molecule has 0 aliphatic rings. The summed E-state index contributed by atoms with van der Waals surface area (Å²) in [4.78, 5) is 22.5. The number of pyridine rings is 1. The van der Waals surface area contributed by atoms with Gasteiger partial charge in [-0.25, -0.2) is 4.57 Å². The molecule has 3 rings (SSSR count). The number of aliphatic carboxylic acids is 1. The van der Waals surface area contributed by atoms with E-state index < -0.39 is 24.3 Å². The maximum Gasteiger partial charge on any atom is 0.305 e. The summed E-state index contributed by atoms with van der Waals surface area (Å²) in [5.74, 6) is -1.63. The lowest BCUT2D eigenvalue weighted by atomic mass is 10.1. The van der Waals surface area contributed by atoms with Crippen LogP contribution in [0.15, 0.2) is 60.8 Å². The van der Waals surface area contributed by atoms with Gasteiger partial charge >= 0.3 is 5.97 Å². The minimum Gasteiger partial charge on any atom is -0.481 e. The van der Waals surface area contributed by atoms with E-state index in [-0.39, 0.29) is 0 Å². The zero-order valence-electron chi connectivity index (χ0n) is 15.5. The molecule has 1 heterocycles. The SMILES string of the molecule is C[n+]1ccc(C=Cc2ccc(NC(=O)[C@@H](N)CC(=O)O)cc2)c2ccccc21. The Morgan fingerprint density at radius 1 is 1.11 bits per heavy atom. The molecule has 1 atom stereocenters. The van der Waals surface area contributed by atoms with Gasteiger partial charge in [-0.05, 0) is 29.3 Å². The second kappa shape index (κ2) is 8.45. The van der Waals surface area contributed by atoms with Crippen LogP contribution in [0.4, 0.5) is 5.69 Å². The van der Waals surface area contributed by atoms with Gasteiger partial charge in [-0.3, -0.25) is 9.59 Å². The first-order chi connectivity index (χ1) is 13.4. The van der Waals surface area contributed by atoms with Gasteiger partial charge in [-0.2, -0.15) is 0 Å². The topological polar surface area (TPSA) is 96.3 Å². The van der Waals surface area contributed by atoms with Crippen molar-refractivity contribution in [1.29, 1.82) is 0 Å². The number of benzene rings is 2. The highest BCUT2D eigenvalue weighted by molar-refractivity contribution is 5.96. The van der Waals surface area contributed by atoms with Crippen molar-refractivity contribution in [3.63, 3.8) is 0 Å².